The maximum Gasteiger partial charge on any atom is 0.221 e. The van der Waals surface area contributed by atoms with Crippen LogP contribution in [0.3, 0.4) is 0 Å². The number of para-hydroxylation sites is 2. The third-order valence-corrected chi connectivity index (χ3v) is 8.10. The summed E-state index contributed by atoms with van der Waals surface area (Å²) in [7, 11) is 0. The van der Waals surface area contributed by atoms with E-state index in [4.69, 9.17) is 4.74 Å². The van der Waals surface area contributed by atoms with Crippen LogP contribution in [0.1, 0.15) is 49.7 Å². The fourth-order valence-corrected chi connectivity index (χ4v) is 6.74. The molecule has 4 nitrogen and oxygen atoms in total. The molecule has 0 aromatic heterocycles. The molecule has 3 aromatic carbocycles. The predicted octanol–water partition coefficient (Wildman–Crippen LogP) is 6.98. The number of fused-ring (bicyclic) bond motifs is 4. The second kappa shape index (κ2) is 9.01. The summed E-state index contributed by atoms with van der Waals surface area (Å²) in [6.45, 7) is 6.54. The molecule has 3 heterocycles. The molecule has 3 aromatic rings. The zero-order chi connectivity index (χ0) is 23.9. The van der Waals surface area contributed by atoms with Gasteiger partial charge in [0.25, 0.3) is 0 Å². The van der Waals surface area contributed by atoms with Crippen molar-refractivity contribution >= 4 is 11.6 Å². The van der Waals surface area contributed by atoms with E-state index in [0.29, 0.717) is 23.9 Å². The molecule has 0 radical (unpaired) electrons. The number of amides is 1. The number of hydrogen-bond acceptors (Lipinski definition) is 3. The van der Waals surface area contributed by atoms with E-state index in [1.54, 1.807) is 6.92 Å². The average Bonchev–Trinajstić information content (AvgIpc) is 3.09. The van der Waals surface area contributed by atoms with Gasteiger partial charge in [-0.15, -0.1) is 6.58 Å². The standard InChI is InChI=1S/C31H32N2O2/c1-3-16-33-23-13-14-24(33)18-22(17-23)31-26-9-5-7-11-29(26)35-30-19-21(12-15-27(30)31)25-8-4-6-10-28(25)32-20(2)34/h3-12,15,19,22-24,31H,1,13-14,16-18H2,2H3,(H,32,34). The third kappa shape index (κ3) is 3.96. The molecule has 3 atom stereocenters. The number of carbonyl (C=O) groups excluding carboxylic acids is 1. The van der Waals surface area contributed by atoms with Gasteiger partial charge in [-0.05, 0) is 55.4 Å². The van der Waals surface area contributed by atoms with Gasteiger partial charge in [-0.3, -0.25) is 9.69 Å². The van der Waals surface area contributed by atoms with Crippen LogP contribution < -0.4 is 10.1 Å². The molecule has 2 saturated heterocycles. The van der Waals surface area contributed by atoms with Crippen molar-refractivity contribution in [1.82, 2.24) is 4.90 Å². The first-order valence-electron chi connectivity index (χ1n) is 12.8. The van der Waals surface area contributed by atoms with E-state index in [0.717, 1.165) is 34.9 Å². The highest BCUT2D eigenvalue weighted by molar-refractivity contribution is 5.94. The Morgan fingerprint density at radius 3 is 2.49 bits per heavy atom. The molecule has 1 N–H and O–H groups in total. The Kier molecular flexibility index (Phi) is 5.69. The van der Waals surface area contributed by atoms with Crippen molar-refractivity contribution < 1.29 is 9.53 Å². The number of nitrogens with one attached hydrogen (secondary N) is 1. The minimum Gasteiger partial charge on any atom is -0.457 e. The van der Waals surface area contributed by atoms with Crippen molar-refractivity contribution in [2.45, 2.75) is 50.6 Å². The quantitative estimate of drug-likeness (QED) is 0.414. The summed E-state index contributed by atoms with van der Waals surface area (Å²) in [6.07, 6.45) is 7.09. The highest BCUT2D eigenvalue weighted by atomic mass is 16.5. The largest absolute Gasteiger partial charge is 0.457 e. The van der Waals surface area contributed by atoms with Crippen LogP contribution in [0.2, 0.25) is 0 Å². The van der Waals surface area contributed by atoms with Gasteiger partial charge in [-0.1, -0.05) is 54.6 Å². The van der Waals surface area contributed by atoms with Gasteiger partial charge in [-0.25, -0.2) is 0 Å². The lowest BCUT2D eigenvalue weighted by atomic mass is 9.72. The lowest BCUT2D eigenvalue weighted by molar-refractivity contribution is -0.114. The van der Waals surface area contributed by atoms with E-state index in [1.165, 1.54) is 36.8 Å². The average molecular weight is 465 g/mol. The first-order valence-corrected chi connectivity index (χ1v) is 12.8. The topological polar surface area (TPSA) is 41.6 Å². The molecule has 178 valence electrons. The SMILES string of the molecule is C=CCN1C2CCC1CC(C1c3ccccc3Oc3cc(-c4ccccc4NC(C)=O)ccc31)C2. The fraction of sp³-hybridized carbons (Fsp3) is 0.323. The van der Waals surface area contributed by atoms with Crippen LogP contribution in [-0.4, -0.2) is 29.4 Å². The molecule has 0 saturated carbocycles. The normalized spacial score (nSPS) is 24.7. The summed E-state index contributed by atoms with van der Waals surface area (Å²) in [6, 6.07) is 24.4. The Morgan fingerprint density at radius 2 is 1.71 bits per heavy atom. The Bertz CT molecular complexity index is 1270. The van der Waals surface area contributed by atoms with E-state index >= 15 is 0 Å². The van der Waals surface area contributed by atoms with Crippen molar-refractivity contribution in [2.75, 3.05) is 11.9 Å². The second-order valence-corrected chi connectivity index (χ2v) is 10.2. The Labute approximate surface area is 207 Å². The van der Waals surface area contributed by atoms with Gasteiger partial charge in [0, 0.05) is 53.8 Å². The Hall–Kier alpha value is -3.37. The van der Waals surface area contributed by atoms with Crippen LogP contribution in [0.25, 0.3) is 11.1 Å². The van der Waals surface area contributed by atoms with Gasteiger partial charge in [0.05, 0.1) is 0 Å². The number of hydrogen-bond donors (Lipinski definition) is 1. The molecule has 2 fully saturated rings. The number of rotatable bonds is 5. The van der Waals surface area contributed by atoms with Gasteiger partial charge in [-0.2, -0.15) is 0 Å². The molecule has 3 unspecified atom stereocenters. The minimum absolute atomic E-state index is 0.0712. The number of anilines is 1. The maximum absolute atomic E-state index is 11.8. The van der Waals surface area contributed by atoms with E-state index in [-0.39, 0.29) is 5.91 Å². The lowest BCUT2D eigenvalue weighted by Crippen LogP contribution is -2.44. The Balaban J connectivity index is 1.39. The third-order valence-electron chi connectivity index (χ3n) is 8.10. The molecular weight excluding hydrogens is 432 g/mol. The summed E-state index contributed by atoms with van der Waals surface area (Å²) >= 11 is 0. The summed E-state index contributed by atoms with van der Waals surface area (Å²) in [5, 5.41) is 2.97. The van der Waals surface area contributed by atoms with Crippen LogP contribution in [0, 0.1) is 5.92 Å². The zero-order valence-electron chi connectivity index (χ0n) is 20.2. The van der Waals surface area contributed by atoms with Gasteiger partial charge >= 0.3 is 0 Å². The second-order valence-electron chi connectivity index (χ2n) is 10.2. The minimum atomic E-state index is -0.0712. The van der Waals surface area contributed by atoms with E-state index in [2.05, 4.69) is 65.3 Å². The molecule has 35 heavy (non-hydrogen) atoms. The summed E-state index contributed by atoms with van der Waals surface area (Å²) in [5.41, 5.74) is 5.46. The highest BCUT2D eigenvalue weighted by Gasteiger charge is 2.44. The molecule has 0 spiro atoms. The van der Waals surface area contributed by atoms with Gasteiger partial charge in [0.1, 0.15) is 11.5 Å². The first-order chi connectivity index (χ1) is 17.1. The molecule has 1 amide bonds. The zero-order valence-corrected chi connectivity index (χ0v) is 20.2. The van der Waals surface area contributed by atoms with Crippen molar-refractivity contribution in [3.63, 3.8) is 0 Å². The number of piperidine rings is 1. The smallest absolute Gasteiger partial charge is 0.221 e. The molecule has 3 aliphatic heterocycles. The van der Waals surface area contributed by atoms with Gasteiger partial charge in [0.15, 0.2) is 0 Å². The molecule has 4 heteroatoms. The summed E-state index contributed by atoms with van der Waals surface area (Å²) < 4.78 is 6.50. The molecular formula is C31H32N2O2. The van der Waals surface area contributed by atoms with E-state index in [1.807, 2.05) is 24.3 Å². The molecule has 2 bridgehead atoms. The first kappa shape index (κ1) is 22.1. The van der Waals surface area contributed by atoms with Crippen molar-refractivity contribution in [2.24, 2.45) is 5.92 Å². The van der Waals surface area contributed by atoms with Gasteiger partial charge in [0.2, 0.25) is 5.91 Å². The molecule has 3 aliphatic rings. The number of nitrogens with zero attached hydrogens (tertiary/aromatic N) is 1. The number of ether oxygens (including phenoxy) is 1. The van der Waals surface area contributed by atoms with Crippen LogP contribution in [-0.2, 0) is 4.79 Å². The van der Waals surface area contributed by atoms with Crippen LogP contribution in [0.15, 0.2) is 79.4 Å². The fourth-order valence-electron chi connectivity index (χ4n) is 6.74. The highest BCUT2D eigenvalue weighted by Crippen LogP contribution is 2.53. The maximum atomic E-state index is 11.8. The molecule has 6 rings (SSSR count). The number of benzene rings is 3. The van der Waals surface area contributed by atoms with E-state index in [9.17, 15) is 4.79 Å². The lowest BCUT2D eigenvalue weighted by Gasteiger charge is -2.43. The van der Waals surface area contributed by atoms with Gasteiger partial charge < -0.3 is 10.1 Å². The monoisotopic (exact) mass is 464 g/mol. The van der Waals surface area contributed by atoms with E-state index < -0.39 is 0 Å². The molecule has 0 aliphatic carbocycles. The number of carbonyl (C=O) groups is 1. The predicted molar refractivity (Wildman–Crippen MR) is 141 cm³/mol. The van der Waals surface area contributed by atoms with Crippen molar-refractivity contribution in [3.8, 4) is 22.6 Å². The van der Waals surface area contributed by atoms with Crippen molar-refractivity contribution in [1.29, 1.82) is 0 Å². The van der Waals surface area contributed by atoms with Crippen LogP contribution in [0.5, 0.6) is 11.5 Å². The van der Waals surface area contributed by atoms with Crippen LogP contribution in [0.4, 0.5) is 5.69 Å². The van der Waals surface area contributed by atoms with Crippen LogP contribution >= 0.6 is 0 Å². The summed E-state index contributed by atoms with van der Waals surface area (Å²) in [4.78, 5) is 14.4. The van der Waals surface area contributed by atoms with Crippen molar-refractivity contribution in [3.05, 3.63) is 90.5 Å². The Morgan fingerprint density at radius 1 is 1.00 bits per heavy atom. The summed E-state index contributed by atoms with van der Waals surface area (Å²) in [5.74, 6) is 2.76.